The molecule has 0 saturated carbocycles. The van der Waals surface area contributed by atoms with E-state index in [0.717, 1.165) is 22.8 Å². The molecule has 0 unspecified atom stereocenters. The summed E-state index contributed by atoms with van der Waals surface area (Å²) in [4.78, 5) is 0. The molecular weight excluding hydrogens is 268 g/mol. The lowest BCUT2D eigenvalue weighted by atomic mass is 10.1. The third-order valence-electron chi connectivity index (χ3n) is 3.33. The van der Waals surface area contributed by atoms with Gasteiger partial charge in [-0.1, -0.05) is 41.9 Å². The van der Waals surface area contributed by atoms with Crippen molar-refractivity contribution < 1.29 is 0 Å². The summed E-state index contributed by atoms with van der Waals surface area (Å²) >= 11 is 5.91. The molecule has 3 heteroatoms. The monoisotopic (exact) mass is 282 g/mol. The molecule has 0 N–H and O–H groups in total. The molecule has 0 saturated heterocycles. The number of hydrogen-bond donors (Lipinski definition) is 0. The Morgan fingerprint density at radius 2 is 1.70 bits per heavy atom. The molecule has 100 valence electrons. The first-order chi connectivity index (χ1) is 9.72. The largest absolute Gasteiger partial charge is 0.240 e. The fraction of sp³-hybridized carbons (Fsp3) is 0.118. The van der Waals surface area contributed by atoms with Gasteiger partial charge in [0.2, 0.25) is 0 Å². The van der Waals surface area contributed by atoms with Crippen LogP contribution < -0.4 is 0 Å². The lowest BCUT2D eigenvalue weighted by Gasteiger charge is -2.00. The van der Waals surface area contributed by atoms with Crippen molar-refractivity contribution >= 4 is 11.6 Å². The predicted molar refractivity (Wildman–Crippen MR) is 82.6 cm³/mol. The summed E-state index contributed by atoms with van der Waals surface area (Å²) in [5.41, 5.74) is 4.61. The Kier molecular flexibility index (Phi) is 3.57. The Labute approximate surface area is 123 Å². The molecule has 0 fully saturated rings. The number of para-hydroxylation sites is 1. The van der Waals surface area contributed by atoms with Crippen LogP contribution in [0.3, 0.4) is 0 Å². The van der Waals surface area contributed by atoms with E-state index in [1.54, 1.807) is 0 Å². The van der Waals surface area contributed by atoms with Gasteiger partial charge in [0.25, 0.3) is 0 Å². The third kappa shape index (κ3) is 2.75. The molecule has 0 bridgehead atoms. The van der Waals surface area contributed by atoms with Gasteiger partial charge in [-0.3, -0.25) is 0 Å². The second kappa shape index (κ2) is 5.51. The maximum atomic E-state index is 5.91. The number of hydrogen-bond acceptors (Lipinski definition) is 1. The SMILES string of the molecule is Cc1nn(-c2ccccc2)cc1Cc1ccc(Cl)cc1. The number of rotatable bonds is 3. The van der Waals surface area contributed by atoms with Crippen LogP contribution in [0.2, 0.25) is 5.02 Å². The first-order valence-corrected chi connectivity index (χ1v) is 6.95. The van der Waals surface area contributed by atoms with Crippen LogP contribution in [0, 0.1) is 6.92 Å². The summed E-state index contributed by atoms with van der Waals surface area (Å²) in [5, 5.41) is 5.35. The van der Waals surface area contributed by atoms with E-state index in [9.17, 15) is 0 Å². The van der Waals surface area contributed by atoms with Crippen LogP contribution in [0.15, 0.2) is 60.8 Å². The van der Waals surface area contributed by atoms with Gasteiger partial charge in [-0.2, -0.15) is 5.10 Å². The van der Waals surface area contributed by atoms with Gasteiger partial charge in [0, 0.05) is 17.6 Å². The summed E-state index contributed by atoms with van der Waals surface area (Å²) < 4.78 is 1.93. The van der Waals surface area contributed by atoms with E-state index in [0.29, 0.717) is 0 Å². The summed E-state index contributed by atoms with van der Waals surface area (Å²) in [6.45, 7) is 2.05. The zero-order valence-electron chi connectivity index (χ0n) is 11.3. The van der Waals surface area contributed by atoms with Crippen molar-refractivity contribution in [3.63, 3.8) is 0 Å². The zero-order chi connectivity index (χ0) is 13.9. The van der Waals surface area contributed by atoms with E-state index < -0.39 is 0 Å². The first-order valence-electron chi connectivity index (χ1n) is 6.57. The Bertz CT molecular complexity index is 700. The van der Waals surface area contributed by atoms with Crippen LogP contribution in [0.25, 0.3) is 5.69 Å². The van der Waals surface area contributed by atoms with Crippen LogP contribution in [-0.2, 0) is 6.42 Å². The molecule has 0 aliphatic carbocycles. The average Bonchev–Trinajstić information content (AvgIpc) is 2.84. The smallest absolute Gasteiger partial charge is 0.0645 e. The standard InChI is InChI=1S/C17H15ClN2/c1-13-15(11-14-7-9-16(18)10-8-14)12-20(19-13)17-5-3-2-4-6-17/h2-10,12H,11H2,1H3. The molecule has 3 aromatic rings. The Morgan fingerprint density at radius 1 is 1.00 bits per heavy atom. The average molecular weight is 283 g/mol. The van der Waals surface area contributed by atoms with Crippen LogP contribution in [0.5, 0.6) is 0 Å². The van der Waals surface area contributed by atoms with E-state index in [1.807, 2.05) is 41.9 Å². The van der Waals surface area contributed by atoms with Crippen LogP contribution >= 0.6 is 11.6 Å². The number of nitrogens with zero attached hydrogens (tertiary/aromatic N) is 2. The van der Waals surface area contributed by atoms with Crippen LogP contribution in [-0.4, -0.2) is 9.78 Å². The molecule has 0 amide bonds. The molecule has 0 aliphatic rings. The van der Waals surface area contributed by atoms with E-state index in [4.69, 9.17) is 11.6 Å². The molecule has 2 aromatic carbocycles. The maximum Gasteiger partial charge on any atom is 0.0645 e. The van der Waals surface area contributed by atoms with Crippen molar-refractivity contribution in [1.29, 1.82) is 0 Å². The summed E-state index contributed by atoms with van der Waals surface area (Å²) in [6, 6.07) is 18.1. The summed E-state index contributed by atoms with van der Waals surface area (Å²) in [6.07, 6.45) is 2.97. The van der Waals surface area contributed by atoms with Crippen LogP contribution in [0.1, 0.15) is 16.8 Å². The highest BCUT2D eigenvalue weighted by atomic mass is 35.5. The second-order valence-corrected chi connectivity index (χ2v) is 5.26. The van der Waals surface area contributed by atoms with Gasteiger partial charge < -0.3 is 0 Å². The molecule has 0 spiro atoms. The molecule has 20 heavy (non-hydrogen) atoms. The second-order valence-electron chi connectivity index (χ2n) is 4.82. The Balaban J connectivity index is 1.88. The highest BCUT2D eigenvalue weighted by Gasteiger charge is 2.07. The van der Waals surface area contributed by atoms with E-state index in [-0.39, 0.29) is 0 Å². The number of aromatic nitrogens is 2. The van der Waals surface area contributed by atoms with Crippen molar-refractivity contribution in [1.82, 2.24) is 9.78 Å². The fourth-order valence-corrected chi connectivity index (χ4v) is 2.33. The Hall–Kier alpha value is -2.06. The van der Waals surface area contributed by atoms with Crippen molar-refractivity contribution in [3.05, 3.63) is 82.6 Å². The maximum absolute atomic E-state index is 5.91. The van der Waals surface area contributed by atoms with Gasteiger partial charge in [-0.15, -0.1) is 0 Å². The molecule has 1 heterocycles. The van der Waals surface area contributed by atoms with Crippen molar-refractivity contribution in [2.24, 2.45) is 0 Å². The van der Waals surface area contributed by atoms with E-state index in [1.165, 1.54) is 11.1 Å². The van der Waals surface area contributed by atoms with Gasteiger partial charge in [0.05, 0.1) is 11.4 Å². The first kappa shape index (κ1) is 12.9. The van der Waals surface area contributed by atoms with Gasteiger partial charge in [-0.25, -0.2) is 4.68 Å². The lowest BCUT2D eigenvalue weighted by Crippen LogP contribution is -1.93. The van der Waals surface area contributed by atoms with Crippen LogP contribution in [0.4, 0.5) is 0 Å². The topological polar surface area (TPSA) is 17.8 Å². The van der Waals surface area contributed by atoms with Crippen molar-refractivity contribution in [3.8, 4) is 5.69 Å². The highest BCUT2D eigenvalue weighted by Crippen LogP contribution is 2.17. The van der Waals surface area contributed by atoms with Crippen molar-refractivity contribution in [2.45, 2.75) is 13.3 Å². The summed E-state index contributed by atoms with van der Waals surface area (Å²) in [5.74, 6) is 0. The zero-order valence-corrected chi connectivity index (χ0v) is 12.0. The van der Waals surface area contributed by atoms with Gasteiger partial charge in [0.1, 0.15) is 0 Å². The Morgan fingerprint density at radius 3 is 2.40 bits per heavy atom. The molecule has 3 rings (SSSR count). The quantitative estimate of drug-likeness (QED) is 0.695. The van der Waals surface area contributed by atoms with Gasteiger partial charge in [0.15, 0.2) is 0 Å². The molecule has 2 nitrogen and oxygen atoms in total. The molecular formula is C17H15ClN2. The number of aryl methyl sites for hydroxylation is 1. The van der Waals surface area contributed by atoms with Gasteiger partial charge in [-0.05, 0) is 42.3 Å². The number of halogens is 1. The number of benzene rings is 2. The molecule has 0 atom stereocenters. The minimum absolute atomic E-state index is 0.769. The minimum atomic E-state index is 0.769. The van der Waals surface area contributed by atoms with E-state index >= 15 is 0 Å². The fourth-order valence-electron chi connectivity index (χ4n) is 2.20. The lowest BCUT2D eigenvalue weighted by molar-refractivity contribution is 0.863. The molecule has 1 aromatic heterocycles. The van der Waals surface area contributed by atoms with Gasteiger partial charge >= 0.3 is 0 Å². The highest BCUT2D eigenvalue weighted by molar-refractivity contribution is 6.30. The predicted octanol–water partition coefficient (Wildman–Crippen LogP) is 4.42. The molecule has 0 aliphatic heterocycles. The summed E-state index contributed by atoms with van der Waals surface area (Å²) in [7, 11) is 0. The third-order valence-corrected chi connectivity index (χ3v) is 3.58. The van der Waals surface area contributed by atoms with E-state index in [2.05, 4.69) is 35.6 Å². The normalized spacial score (nSPS) is 10.7. The minimum Gasteiger partial charge on any atom is -0.240 e. The van der Waals surface area contributed by atoms with Crippen molar-refractivity contribution in [2.75, 3.05) is 0 Å². The molecule has 0 radical (unpaired) electrons.